The van der Waals surface area contributed by atoms with Crippen molar-refractivity contribution in [3.8, 4) is 0 Å². The van der Waals surface area contributed by atoms with Crippen LogP contribution in [-0.4, -0.2) is 21.4 Å². The molecule has 1 atom stereocenters. The van der Waals surface area contributed by atoms with Crippen LogP contribution in [0.25, 0.3) is 0 Å². The number of aliphatic hydroxyl groups is 1. The number of nitrogens with two attached hydrogens (primary N) is 1. The quantitative estimate of drug-likeness (QED) is 0.760. The largest absolute Gasteiger partial charge is 0.388 e. The lowest BCUT2D eigenvalue weighted by Crippen LogP contribution is -2.22. The van der Waals surface area contributed by atoms with Gasteiger partial charge in [-0.05, 0) is 33.7 Å². The molecular formula is C10H19N3O. The second kappa shape index (κ2) is 4.11. The normalized spacial score (nSPS) is 14.4. The van der Waals surface area contributed by atoms with Crippen molar-refractivity contribution >= 4 is 0 Å². The van der Waals surface area contributed by atoms with Crippen LogP contribution in [0.2, 0.25) is 0 Å². The van der Waals surface area contributed by atoms with Crippen molar-refractivity contribution in [3.05, 3.63) is 18.0 Å². The molecule has 4 nitrogen and oxygen atoms in total. The van der Waals surface area contributed by atoms with Crippen molar-refractivity contribution in [3.63, 3.8) is 0 Å². The highest BCUT2D eigenvalue weighted by Crippen LogP contribution is 2.19. The number of rotatable bonds is 3. The summed E-state index contributed by atoms with van der Waals surface area (Å²) in [6.45, 7) is 6.69. The zero-order valence-corrected chi connectivity index (χ0v) is 9.07. The van der Waals surface area contributed by atoms with E-state index in [2.05, 4.69) is 25.9 Å². The molecule has 0 saturated carbocycles. The molecule has 1 aromatic rings. The van der Waals surface area contributed by atoms with Gasteiger partial charge in [0.25, 0.3) is 0 Å². The lowest BCUT2D eigenvalue weighted by atomic mass is 10.1. The van der Waals surface area contributed by atoms with Gasteiger partial charge in [0.1, 0.15) is 0 Å². The van der Waals surface area contributed by atoms with Crippen LogP contribution in [0.15, 0.2) is 12.4 Å². The summed E-state index contributed by atoms with van der Waals surface area (Å²) in [6.07, 6.45) is 3.66. The summed E-state index contributed by atoms with van der Waals surface area (Å²) in [6, 6.07) is 0. The van der Waals surface area contributed by atoms with Gasteiger partial charge in [-0.15, -0.1) is 0 Å². The first-order valence-corrected chi connectivity index (χ1v) is 4.88. The molecule has 0 aromatic carbocycles. The first-order valence-electron chi connectivity index (χ1n) is 4.88. The van der Waals surface area contributed by atoms with Crippen molar-refractivity contribution in [2.24, 2.45) is 5.73 Å². The first kappa shape index (κ1) is 11.2. The van der Waals surface area contributed by atoms with Crippen molar-refractivity contribution in [2.45, 2.75) is 38.8 Å². The molecule has 0 fully saturated rings. The molecule has 1 rings (SSSR count). The van der Waals surface area contributed by atoms with Crippen LogP contribution in [-0.2, 0) is 5.54 Å². The Morgan fingerprint density at radius 1 is 1.57 bits per heavy atom. The fraction of sp³-hybridized carbons (Fsp3) is 0.700. The molecule has 0 aliphatic carbocycles. The molecular weight excluding hydrogens is 178 g/mol. The maximum absolute atomic E-state index is 9.67. The van der Waals surface area contributed by atoms with Crippen molar-refractivity contribution in [2.75, 3.05) is 6.54 Å². The third-order valence-corrected chi connectivity index (χ3v) is 2.11. The summed E-state index contributed by atoms with van der Waals surface area (Å²) in [5.41, 5.74) is 6.17. The monoisotopic (exact) mass is 197 g/mol. The predicted molar refractivity (Wildman–Crippen MR) is 55.9 cm³/mol. The molecule has 0 amide bonds. The van der Waals surface area contributed by atoms with Crippen LogP contribution >= 0.6 is 0 Å². The van der Waals surface area contributed by atoms with Gasteiger partial charge in [-0.3, -0.25) is 4.68 Å². The average Bonchev–Trinajstić information content (AvgIpc) is 2.51. The van der Waals surface area contributed by atoms with Gasteiger partial charge in [0, 0.05) is 11.8 Å². The molecule has 0 radical (unpaired) electrons. The van der Waals surface area contributed by atoms with Crippen LogP contribution in [0, 0.1) is 0 Å². The van der Waals surface area contributed by atoms with Crippen molar-refractivity contribution in [1.82, 2.24) is 9.78 Å². The molecule has 0 aliphatic rings. The number of aliphatic hydroxyl groups excluding tert-OH is 1. The molecule has 0 bridgehead atoms. The van der Waals surface area contributed by atoms with Gasteiger partial charge in [0.2, 0.25) is 0 Å². The standard InChI is InChI=1S/C10H19N3O/c1-10(2,3)13-7-8(6-12-13)9(14)4-5-11/h6-7,9,14H,4-5,11H2,1-3H3/t9-/m1/s1. The van der Waals surface area contributed by atoms with Gasteiger partial charge >= 0.3 is 0 Å². The van der Waals surface area contributed by atoms with E-state index in [9.17, 15) is 5.11 Å². The Kier molecular flexibility index (Phi) is 3.29. The van der Waals surface area contributed by atoms with E-state index in [1.165, 1.54) is 0 Å². The maximum atomic E-state index is 9.67. The fourth-order valence-electron chi connectivity index (χ4n) is 1.20. The summed E-state index contributed by atoms with van der Waals surface area (Å²) < 4.78 is 1.85. The Hall–Kier alpha value is -0.870. The highest BCUT2D eigenvalue weighted by Gasteiger charge is 2.16. The van der Waals surface area contributed by atoms with Gasteiger partial charge < -0.3 is 10.8 Å². The van der Waals surface area contributed by atoms with E-state index in [-0.39, 0.29) is 5.54 Å². The van der Waals surface area contributed by atoms with E-state index in [0.717, 1.165) is 5.56 Å². The minimum Gasteiger partial charge on any atom is -0.388 e. The van der Waals surface area contributed by atoms with E-state index >= 15 is 0 Å². The van der Waals surface area contributed by atoms with Crippen LogP contribution in [0.3, 0.4) is 0 Å². The summed E-state index contributed by atoms with van der Waals surface area (Å²) in [5.74, 6) is 0. The van der Waals surface area contributed by atoms with Crippen LogP contribution < -0.4 is 5.73 Å². The summed E-state index contributed by atoms with van der Waals surface area (Å²) in [5, 5.41) is 13.9. The number of hydrogen-bond acceptors (Lipinski definition) is 3. The minimum absolute atomic E-state index is 0.0410. The SMILES string of the molecule is CC(C)(C)n1cc([C@H](O)CCN)cn1. The minimum atomic E-state index is -0.490. The fourth-order valence-corrected chi connectivity index (χ4v) is 1.20. The molecule has 0 unspecified atom stereocenters. The molecule has 4 heteroatoms. The Labute approximate surface area is 84.7 Å². The van der Waals surface area contributed by atoms with Gasteiger partial charge in [0.15, 0.2) is 0 Å². The molecule has 80 valence electrons. The summed E-state index contributed by atoms with van der Waals surface area (Å²) >= 11 is 0. The van der Waals surface area contributed by atoms with Gasteiger partial charge in [0.05, 0.1) is 17.8 Å². The Balaban J connectivity index is 2.78. The number of nitrogens with zero attached hydrogens (tertiary/aromatic N) is 2. The molecule has 1 aromatic heterocycles. The third kappa shape index (κ3) is 2.56. The molecule has 1 heterocycles. The average molecular weight is 197 g/mol. The highest BCUT2D eigenvalue weighted by atomic mass is 16.3. The van der Waals surface area contributed by atoms with Crippen LogP contribution in [0.4, 0.5) is 0 Å². The maximum Gasteiger partial charge on any atom is 0.0832 e. The molecule has 0 spiro atoms. The van der Waals surface area contributed by atoms with Gasteiger partial charge in [-0.1, -0.05) is 0 Å². The van der Waals surface area contributed by atoms with Crippen molar-refractivity contribution in [1.29, 1.82) is 0 Å². The van der Waals surface area contributed by atoms with E-state index in [1.54, 1.807) is 6.20 Å². The van der Waals surface area contributed by atoms with E-state index in [0.29, 0.717) is 13.0 Å². The first-order chi connectivity index (χ1) is 6.45. The second-order valence-corrected chi connectivity index (χ2v) is 4.48. The molecule has 0 saturated heterocycles. The second-order valence-electron chi connectivity index (χ2n) is 4.48. The smallest absolute Gasteiger partial charge is 0.0832 e. The molecule has 14 heavy (non-hydrogen) atoms. The van der Waals surface area contributed by atoms with Crippen LogP contribution in [0.1, 0.15) is 38.9 Å². The van der Waals surface area contributed by atoms with Crippen molar-refractivity contribution < 1.29 is 5.11 Å². The molecule has 0 aliphatic heterocycles. The Bertz CT molecular complexity index is 288. The van der Waals surface area contributed by atoms with Gasteiger partial charge in [-0.2, -0.15) is 5.10 Å². The highest BCUT2D eigenvalue weighted by molar-refractivity contribution is 5.08. The lowest BCUT2D eigenvalue weighted by molar-refractivity contribution is 0.170. The zero-order chi connectivity index (χ0) is 10.8. The van der Waals surface area contributed by atoms with E-state index < -0.39 is 6.10 Å². The molecule has 3 N–H and O–H groups in total. The predicted octanol–water partition coefficient (Wildman–Crippen LogP) is 1.02. The lowest BCUT2D eigenvalue weighted by Gasteiger charge is -2.18. The Morgan fingerprint density at radius 3 is 2.64 bits per heavy atom. The number of aromatic nitrogens is 2. The summed E-state index contributed by atoms with van der Waals surface area (Å²) in [4.78, 5) is 0. The van der Waals surface area contributed by atoms with E-state index in [1.807, 2.05) is 10.9 Å². The zero-order valence-electron chi connectivity index (χ0n) is 9.07. The number of hydrogen-bond donors (Lipinski definition) is 2. The van der Waals surface area contributed by atoms with E-state index in [4.69, 9.17) is 5.73 Å². The topological polar surface area (TPSA) is 64.1 Å². The Morgan fingerprint density at radius 2 is 2.21 bits per heavy atom. The third-order valence-electron chi connectivity index (χ3n) is 2.11. The van der Waals surface area contributed by atoms with Crippen LogP contribution in [0.5, 0.6) is 0 Å². The summed E-state index contributed by atoms with van der Waals surface area (Å²) in [7, 11) is 0. The van der Waals surface area contributed by atoms with Gasteiger partial charge in [-0.25, -0.2) is 0 Å².